The van der Waals surface area contributed by atoms with Gasteiger partial charge in [-0.1, -0.05) is 26.7 Å². The molecule has 0 saturated heterocycles. The molecular formula is C11H21N3S. The quantitative estimate of drug-likeness (QED) is 0.580. The summed E-state index contributed by atoms with van der Waals surface area (Å²) < 4.78 is 0. The summed E-state index contributed by atoms with van der Waals surface area (Å²) >= 11 is 1.68. The minimum Gasteiger partial charge on any atom is -0.271 e. The van der Waals surface area contributed by atoms with Crippen LogP contribution in [0.25, 0.3) is 0 Å². The first kappa shape index (κ1) is 12.6. The number of thiazole rings is 1. The summed E-state index contributed by atoms with van der Waals surface area (Å²) in [6, 6.07) is 0.205. The minimum atomic E-state index is 0.205. The van der Waals surface area contributed by atoms with Crippen LogP contribution in [0.4, 0.5) is 0 Å². The fourth-order valence-corrected chi connectivity index (χ4v) is 2.49. The molecule has 3 nitrogen and oxygen atoms in total. The van der Waals surface area contributed by atoms with Gasteiger partial charge < -0.3 is 0 Å². The second-order valence-electron chi connectivity index (χ2n) is 4.14. The normalized spacial score (nSPS) is 15.2. The van der Waals surface area contributed by atoms with Crippen molar-refractivity contribution in [3.05, 3.63) is 16.1 Å². The van der Waals surface area contributed by atoms with E-state index in [1.807, 2.05) is 6.92 Å². The lowest BCUT2D eigenvalue weighted by Gasteiger charge is -2.18. The highest BCUT2D eigenvalue weighted by atomic mass is 32.1. The zero-order valence-electron chi connectivity index (χ0n) is 9.79. The Kier molecular flexibility index (Phi) is 5.22. The van der Waals surface area contributed by atoms with Crippen molar-refractivity contribution < 1.29 is 0 Å². The third kappa shape index (κ3) is 3.89. The fraction of sp³-hybridized carbons (Fsp3) is 0.727. The Balaban J connectivity index is 2.56. The predicted molar refractivity (Wildman–Crippen MR) is 65.6 cm³/mol. The van der Waals surface area contributed by atoms with Crippen LogP contribution in [0.1, 0.15) is 49.9 Å². The number of rotatable bonds is 6. The number of hydrogen-bond acceptors (Lipinski definition) is 4. The summed E-state index contributed by atoms with van der Waals surface area (Å²) in [6.45, 7) is 6.51. The van der Waals surface area contributed by atoms with Gasteiger partial charge in [-0.2, -0.15) is 0 Å². The van der Waals surface area contributed by atoms with Gasteiger partial charge in [-0.05, 0) is 19.3 Å². The maximum absolute atomic E-state index is 5.57. The van der Waals surface area contributed by atoms with Crippen molar-refractivity contribution in [2.75, 3.05) is 0 Å². The number of hydrogen-bond donors (Lipinski definition) is 2. The van der Waals surface area contributed by atoms with Gasteiger partial charge in [-0.25, -0.2) is 4.98 Å². The molecule has 1 heterocycles. The zero-order chi connectivity index (χ0) is 11.3. The average Bonchev–Trinajstić information content (AvgIpc) is 2.61. The number of nitrogens with zero attached hydrogens (tertiary/aromatic N) is 1. The van der Waals surface area contributed by atoms with E-state index in [-0.39, 0.29) is 6.04 Å². The van der Waals surface area contributed by atoms with Gasteiger partial charge in [-0.3, -0.25) is 11.3 Å². The molecule has 1 aromatic heterocycles. The van der Waals surface area contributed by atoms with Crippen LogP contribution in [0.5, 0.6) is 0 Å². The molecule has 0 spiro atoms. The molecule has 0 aliphatic heterocycles. The van der Waals surface area contributed by atoms with Crippen LogP contribution in [0.2, 0.25) is 0 Å². The van der Waals surface area contributed by atoms with Gasteiger partial charge in [0.05, 0.1) is 16.7 Å². The molecule has 0 fully saturated rings. The lowest BCUT2D eigenvalue weighted by Crippen LogP contribution is -2.29. The van der Waals surface area contributed by atoms with Crippen molar-refractivity contribution in [3.63, 3.8) is 0 Å². The SMILES string of the molecule is CCCC(C)CC(NN)c1csc(C)n1. The van der Waals surface area contributed by atoms with Crippen LogP contribution < -0.4 is 11.3 Å². The summed E-state index contributed by atoms with van der Waals surface area (Å²) in [5.74, 6) is 6.27. The maximum atomic E-state index is 5.57. The molecule has 0 bridgehead atoms. The van der Waals surface area contributed by atoms with Crippen molar-refractivity contribution >= 4 is 11.3 Å². The van der Waals surface area contributed by atoms with Crippen LogP contribution >= 0.6 is 11.3 Å². The number of aryl methyl sites for hydroxylation is 1. The highest BCUT2D eigenvalue weighted by Gasteiger charge is 2.15. The molecule has 0 aliphatic carbocycles. The van der Waals surface area contributed by atoms with Gasteiger partial charge >= 0.3 is 0 Å². The largest absolute Gasteiger partial charge is 0.271 e. The lowest BCUT2D eigenvalue weighted by atomic mass is 9.96. The summed E-state index contributed by atoms with van der Waals surface area (Å²) in [7, 11) is 0. The minimum absolute atomic E-state index is 0.205. The molecule has 0 aliphatic rings. The van der Waals surface area contributed by atoms with E-state index in [0.29, 0.717) is 5.92 Å². The molecule has 0 saturated carbocycles. The van der Waals surface area contributed by atoms with E-state index in [4.69, 9.17) is 5.84 Å². The van der Waals surface area contributed by atoms with Crippen molar-refractivity contribution in [2.24, 2.45) is 11.8 Å². The van der Waals surface area contributed by atoms with E-state index in [2.05, 4.69) is 29.6 Å². The Hall–Kier alpha value is -0.450. The zero-order valence-corrected chi connectivity index (χ0v) is 10.6. The highest BCUT2D eigenvalue weighted by Crippen LogP contribution is 2.24. The van der Waals surface area contributed by atoms with Crippen LogP contribution in [0.15, 0.2) is 5.38 Å². The van der Waals surface area contributed by atoms with Crippen molar-refractivity contribution in [1.82, 2.24) is 10.4 Å². The molecule has 0 aromatic carbocycles. The Bertz CT molecular complexity index is 285. The van der Waals surface area contributed by atoms with E-state index in [1.165, 1.54) is 12.8 Å². The topological polar surface area (TPSA) is 50.9 Å². The first-order valence-corrected chi connectivity index (χ1v) is 6.43. The number of nitrogens with two attached hydrogens (primary N) is 1. The van der Waals surface area contributed by atoms with Crippen molar-refractivity contribution in [2.45, 2.75) is 46.1 Å². The molecule has 4 heteroatoms. The molecule has 1 aromatic rings. The summed E-state index contributed by atoms with van der Waals surface area (Å²) in [5.41, 5.74) is 3.95. The van der Waals surface area contributed by atoms with E-state index in [9.17, 15) is 0 Å². The van der Waals surface area contributed by atoms with Crippen LogP contribution in [0, 0.1) is 12.8 Å². The summed E-state index contributed by atoms with van der Waals surface area (Å²) in [6.07, 6.45) is 3.55. The smallest absolute Gasteiger partial charge is 0.0898 e. The van der Waals surface area contributed by atoms with E-state index < -0.39 is 0 Å². The third-order valence-corrected chi connectivity index (χ3v) is 3.41. The maximum Gasteiger partial charge on any atom is 0.0898 e. The fourth-order valence-electron chi connectivity index (χ4n) is 1.83. The van der Waals surface area contributed by atoms with E-state index >= 15 is 0 Å². The Morgan fingerprint density at radius 1 is 1.60 bits per heavy atom. The first-order valence-electron chi connectivity index (χ1n) is 5.55. The lowest BCUT2D eigenvalue weighted by molar-refractivity contribution is 0.390. The molecule has 15 heavy (non-hydrogen) atoms. The molecule has 0 radical (unpaired) electrons. The van der Waals surface area contributed by atoms with Crippen molar-refractivity contribution in [3.8, 4) is 0 Å². The molecular weight excluding hydrogens is 206 g/mol. The predicted octanol–water partition coefficient (Wildman–Crippen LogP) is 2.78. The summed E-state index contributed by atoms with van der Waals surface area (Å²) in [4.78, 5) is 4.47. The number of hydrazine groups is 1. The number of aromatic nitrogens is 1. The molecule has 2 atom stereocenters. The molecule has 2 unspecified atom stereocenters. The van der Waals surface area contributed by atoms with Crippen LogP contribution in [-0.2, 0) is 0 Å². The Labute approximate surface area is 96.1 Å². The molecule has 1 rings (SSSR count). The van der Waals surface area contributed by atoms with Gasteiger partial charge in [0.1, 0.15) is 0 Å². The highest BCUT2D eigenvalue weighted by molar-refractivity contribution is 7.09. The standard InChI is InChI=1S/C11H21N3S/c1-4-5-8(2)6-10(14-12)11-7-15-9(3)13-11/h7-8,10,14H,4-6,12H2,1-3H3. The van der Waals surface area contributed by atoms with Gasteiger partial charge in [0.15, 0.2) is 0 Å². The third-order valence-electron chi connectivity index (χ3n) is 2.61. The van der Waals surface area contributed by atoms with E-state index in [1.54, 1.807) is 11.3 Å². The number of nitrogens with one attached hydrogen (secondary N) is 1. The average molecular weight is 227 g/mol. The summed E-state index contributed by atoms with van der Waals surface area (Å²) in [5, 5.41) is 3.20. The Morgan fingerprint density at radius 2 is 2.33 bits per heavy atom. The first-order chi connectivity index (χ1) is 7.17. The van der Waals surface area contributed by atoms with Crippen molar-refractivity contribution in [1.29, 1.82) is 0 Å². The van der Waals surface area contributed by atoms with Gasteiger partial charge in [0, 0.05) is 5.38 Å². The second kappa shape index (κ2) is 6.20. The molecule has 0 amide bonds. The monoisotopic (exact) mass is 227 g/mol. The van der Waals surface area contributed by atoms with Gasteiger partial charge in [0.25, 0.3) is 0 Å². The van der Waals surface area contributed by atoms with Gasteiger partial charge in [0.2, 0.25) is 0 Å². The van der Waals surface area contributed by atoms with Gasteiger partial charge in [-0.15, -0.1) is 11.3 Å². The molecule has 3 N–H and O–H groups in total. The van der Waals surface area contributed by atoms with Crippen LogP contribution in [0.3, 0.4) is 0 Å². The van der Waals surface area contributed by atoms with Crippen LogP contribution in [-0.4, -0.2) is 4.98 Å². The van der Waals surface area contributed by atoms with E-state index in [0.717, 1.165) is 17.1 Å². The Morgan fingerprint density at radius 3 is 2.80 bits per heavy atom. The molecule has 86 valence electrons. The second-order valence-corrected chi connectivity index (χ2v) is 5.20.